The fraction of sp³-hybridized carbons (Fsp3) is 0.267. The minimum absolute atomic E-state index is 0.146. The first-order chi connectivity index (χ1) is 18.1. The van der Waals surface area contributed by atoms with Crippen molar-refractivity contribution in [1.82, 2.24) is 14.9 Å². The minimum Gasteiger partial charge on any atom is -0.496 e. The van der Waals surface area contributed by atoms with Crippen LogP contribution in [0.15, 0.2) is 79.4 Å². The number of hydrogen-bond acceptors (Lipinski definition) is 5. The number of imidazole rings is 1. The van der Waals surface area contributed by atoms with Crippen LogP contribution < -0.4 is 19.5 Å². The molecule has 0 radical (unpaired) electrons. The zero-order valence-corrected chi connectivity index (χ0v) is 21.4. The Morgan fingerprint density at radius 2 is 1.78 bits per heavy atom. The summed E-state index contributed by atoms with van der Waals surface area (Å²) in [4.78, 5) is 17.4. The average molecular weight is 500 g/mol. The van der Waals surface area contributed by atoms with Crippen LogP contribution in [-0.2, 0) is 19.4 Å². The van der Waals surface area contributed by atoms with Crippen molar-refractivity contribution >= 4 is 16.9 Å². The number of benzene rings is 3. The average Bonchev–Trinajstić information content (AvgIpc) is 3.29. The Labute approximate surface area is 217 Å². The molecular weight excluding hydrogens is 466 g/mol. The number of allylic oxidation sites excluding steroid dienone is 1. The van der Waals surface area contributed by atoms with Crippen LogP contribution in [0.1, 0.15) is 28.2 Å². The number of aryl methyl sites for hydroxylation is 1. The van der Waals surface area contributed by atoms with Gasteiger partial charge in [0.05, 0.1) is 37.4 Å². The van der Waals surface area contributed by atoms with Gasteiger partial charge in [0.2, 0.25) is 0 Å². The summed E-state index contributed by atoms with van der Waals surface area (Å²) in [7, 11) is 3.21. The van der Waals surface area contributed by atoms with Gasteiger partial charge in [-0.15, -0.1) is 6.58 Å². The number of nitrogens with zero attached hydrogens (tertiary/aromatic N) is 2. The monoisotopic (exact) mass is 499 g/mol. The molecule has 3 aromatic carbocycles. The summed E-state index contributed by atoms with van der Waals surface area (Å²) in [6.45, 7) is 5.43. The lowest BCUT2D eigenvalue weighted by atomic mass is 10.1. The topological polar surface area (TPSA) is 74.6 Å². The molecule has 4 rings (SSSR count). The number of methoxy groups -OCH3 is 2. The van der Waals surface area contributed by atoms with Crippen LogP contribution in [0.3, 0.4) is 0 Å². The first-order valence-electron chi connectivity index (χ1n) is 12.4. The van der Waals surface area contributed by atoms with Crippen molar-refractivity contribution in [3.63, 3.8) is 0 Å². The van der Waals surface area contributed by atoms with Gasteiger partial charge in [-0.05, 0) is 54.8 Å². The second-order valence-corrected chi connectivity index (χ2v) is 8.55. The maximum atomic E-state index is 12.6. The van der Waals surface area contributed by atoms with Gasteiger partial charge in [0, 0.05) is 13.0 Å². The highest BCUT2D eigenvalue weighted by Crippen LogP contribution is 2.28. The molecule has 0 aliphatic heterocycles. The Morgan fingerprint density at radius 1 is 1.00 bits per heavy atom. The Kier molecular flexibility index (Phi) is 8.81. The van der Waals surface area contributed by atoms with E-state index in [0.29, 0.717) is 42.5 Å². The van der Waals surface area contributed by atoms with E-state index in [9.17, 15) is 4.79 Å². The van der Waals surface area contributed by atoms with E-state index in [0.717, 1.165) is 41.7 Å². The van der Waals surface area contributed by atoms with Gasteiger partial charge in [0.1, 0.15) is 18.2 Å². The van der Waals surface area contributed by atoms with E-state index in [-0.39, 0.29) is 5.91 Å². The van der Waals surface area contributed by atoms with Gasteiger partial charge in [-0.25, -0.2) is 4.98 Å². The molecule has 0 saturated heterocycles. The number of para-hydroxylation sites is 3. The smallest absolute Gasteiger partial charge is 0.255 e. The first kappa shape index (κ1) is 25.8. The van der Waals surface area contributed by atoms with Crippen molar-refractivity contribution in [3.05, 3.63) is 96.3 Å². The van der Waals surface area contributed by atoms with Crippen LogP contribution in [0, 0.1) is 0 Å². The number of amides is 1. The molecule has 37 heavy (non-hydrogen) atoms. The molecule has 7 nitrogen and oxygen atoms in total. The molecule has 1 amide bonds. The van der Waals surface area contributed by atoms with E-state index in [1.807, 2.05) is 54.6 Å². The van der Waals surface area contributed by atoms with Crippen LogP contribution in [0.4, 0.5) is 0 Å². The van der Waals surface area contributed by atoms with Crippen molar-refractivity contribution in [3.8, 4) is 17.2 Å². The lowest BCUT2D eigenvalue weighted by Crippen LogP contribution is -2.25. The summed E-state index contributed by atoms with van der Waals surface area (Å²) in [6, 6.07) is 21.2. The lowest BCUT2D eigenvalue weighted by Gasteiger charge is -2.14. The molecular formula is C30H33N3O4. The predicted molar refractivity (Wildman–Crippen MR) is 146 cm³/mol. The first-order valence-corrected chi connectivity index (χ1v) is 12.4. The molecule has 0 saturated carbocycles. The number of ether oxygens (including phenoxy) is 3. The lowest BCUT2D eigenvalue weighted by molar-refractivity contribution is 0.0950. The van der Waals surface area contributed by atoms with Crippen LogP contribution >= 0.6 is 0 Å². The number of aromatic nitrogens is 2. The van der Waals surface area contributed by atoms with Gasteiger partial charge in [-0.2, -0.15) is 0 Å². The highest BCUT2D eigenvalue weighted by Gasteiger charge is 2.13. The Morgan fingerprint density at radius 3 is 2.59 bits per heavy atom. The predicted octanol–water partition coefficient (Wildman–Crippen LogP) is 5.22. The van der Waals surface area contributed by atoms with Gasteiger partial charge >= 0.3 is 0 Å². The number of nitrogens with one attached hydrogen (secondary N) is 1. The molecule has 0 spiro atoms. The fourth-order valence-electron chi connectivity index (χ4n) is 4.31. The Hall–Kier alpha value is -4.26. The minimum atomic E-state index is -0.146. The van der Waals surface area contributed by atoms with E-state index in [1.54, 1.807) is 26.4 Å². The quantitative estimate of drug-likeness (QED) is 0.202. The maximum Gasteiger partial charge on any atom is 0.255 e. The number of carbonyl (C=O) groups excluding carboxylic acids is 1. The second kappa shape index (κ2) is 12.6. The van der Waals surface area contributed by atoms with E-state index in [4.69, 9.17) is 19.2 Å². The summed E-state index contributed by atoms with van der Waals surface area (Å²) < 4.78 is 19.1. The van der Waals surface area contributed by atoms with Gasteiger partial charge in [0.25, 0.3) is 5.91 Å². The second-order valence-electron chi connectivity index (χ2n) is 8.55. The van der Waals surface area contributed by atoms with Crippen molar-refractivity contribution < 1.29 is 19.0 Å². The number of hydrogen-bond donors (Lipinski definition) is 1. The Balaban J connectivity index is 1.39. The van der Waals surface area contributed by atoms with Crippen molar-refractivity contribution in [2.45, 2.75) is 25.8 Å². The molecule has 0 aliphatic carbocycles. The molecule has 1 N–H and O–H groups in total. The SMILES string of the molecule is C=CCc1ccc(OCCn2c(CCCNC(=O)c3ccccc3OC)nc3ccccc32)c(OC)c1. The molecule has 7 heteroatoms. The van der Waals surface area contributed by atoms with Gasteiger partial charge in [-0.3, -0.25) is 4.79 Å². The molecule has 1 aromatic heterocycles. The van der Waals surface area contributed by atoms with Crippen molar-refractivity contribution in [2.75, 3.05) is 27.4 Å². The molecule has 0 unspecified atom stereocenters. The van der Waals surface area contributed by atoms with E-state index >= 15 is 0 Å². The third-order valence-corrected chi connectivity index (χ3v) is 6.13. The third kappa shape index (κ3) is 6.30. The molecule has 192 valence electrons. The van der Waals surface area contributed by atoms with Crippen LogP contribution in [0.5, 0.6) is 17.2 Å². The molecule has 0 bridgehead atoms. The van der Waals surface area contributed by atoms with Crippen LogP contribution in [0.25, 0.3) is 11.0 Å². The van der Waals surface area contributed by atoms with Gasteiger partial charge in [0.15, 0.2) is 11.5 Å². The van der Waals surface area contributed by atoms with Crippen LogP contribution in [-0.4, -0.2) is 42.8 Å². The molecule has 0 fully saturated rings. The third-order valence-electron chi connectivity index (χ3n) is 6.13. The number of carbonyl (C=O) groups is 1. The van der Waals surface area contributed by atoms with Crippen molar-refractivity contribution in [1.29, 1.82) is 0 Å². The summed E-state index contributed by atoms with van der Waals surface area (Å²) in [5.41, 5.74) is 3.66. The fourth-order valence-corrected chi connectivity index (χ4v) is 4.31. The summed E-state index contributed by atoms with van der Waals surface area (Å²) in [5.74, 6) is 2.80. The summed E-state index contributed by atoms with van der Waals surface area (Å²) in [6.07, 6.45) is 4.12. The van der Waals surface area contributed by atoms with Crippen molar-refractivity contribution in [2.24, 2.45) is 0 Å². The summed E-state index contributed by atoms with van der Waals surface area (Å²) >= 11 is 0. The standard InChI is InChI=1S/C30H33N3O4/c1-4-10-22-16-17-27(28(21-22)36-3)37-20-19-33-25-13-7-6-12-24(25)32-29(33)15-9-18-31-30(34)23-11-5-8-14-26(23)35-2/h4-8,11-14,16-17,21H,1,9-10,15,18-20H2,2-3H3,(H,31,34). The van der Waals surface area contributed by atoms with Gasteiger partial charge in [-0.1, -0.05) is 36.4 Å². The highest BCUT2D eigenvalue weighted by molar-refractivity contribution is 5.96. The molecule has 4 aromatic rings. The molecule has 0 atom stereocenters. The zero-order valence-electron chi connectivity index (χ0n) is 21.4. The maximum absolute atomic E-state index is 12.6. The summed E-state index contributed by atoms with van der Waals surface area (Å²) in [5, 5.41) is 2.99. The van der Waals surface area contributed by atoms with E-state index in [1.165, 1.54) is 0 Å². The van der Waals surface area contributed by atoms with E-state index in [2.05, 4.69) is 22.5 Å². The van der Waals surface area contributed by atoms with Gasteiger partial charge < -0.3 is 24.1 Å². The molecule has 1 heterocycles. The Bertz CT molecular complexity index is 1360. The number of fused-ring (bicyclic) bond motifs is 1. The molecule has 0 aliphatic rings. The number of rotatable bonds is 13. The van der Waals surface area contributed by atoms with Crippen LogP contribution in [0.2, 0.25) is 0 Å². The highest BCUT2D eigenvalue weighted by atomic mass is 16.5. The zero-order chi connectivity index (χ0) is 26.0. The normalized spacial score (nSPS) is 10.8. The largest absolute Gasteiger partial charge is 0.496 e. The van der Waals surface area contributed by atoms with E-state index < -0.39 is 0 Å².